The molecule has 0 saturated carbocycles. The van der Waals surface area contributed by atoms with Gasteiger partial charge >= 0.3 is 5.97 Å². The molecule has 0 aliphatic heterocycles. The zero-order valence-electron chi connectivity index (χ0n) is 10.7. The number of nitrogen functional groups attached to an aromatic ring is 1. The van der Waals surface area contributed by atoms with Crippen LogP contribution in [-0.2, 0) is 22.7 Å². The van der Waals surface area contributed by atoms with Crippen molar-refractivity contribution in [2.24, 2.45) is 0 Å². The largest absolute Gasteiger partial charge is 0.456 e. The molecule has 0 saturated heterocycles. The molecule has 19 heavy (non-hydrogen) atoms. The maximum absolute atomic E-state index is 11.6. The molecule has 9 heteroatoms. The first-order valence-corrected chi connectivity index (χ1v) is 5.75. The van der Waals surface area contributed by atoms with Gasteiger partial charge in [0.15, 0.2) is 12.4 Å². The van der Waals surface area contributed by atoms with Crippen LogP contribution in [0.4, 0.5) is 5.95 Å². The Hall–Kier alpha value is -2.45. The lowest BCUT2D eigenvalue weighted by Gasteiger charge is -2.09. The summed E-state index contributed by atoms with van der Waals surface area (Å²) in [5, 5.41) is 7.84. The standard InChI is InChI=1S/C10H15N7O2/c1-7(2)17-8(12-5-14-17)4-19-9(18)3-16-6-13-10(11)15-16/h5-7H,3-4H2,1-2H3,(H2,11,15). The summed E-state index contributed by atoms with van der Waals surface area (Å²) >= 11 is 0. The Balaban J connectivity index is 1.88. The fourth-order valence-electron chi connectivity index (χ4n) is 1.52. The first-order valence-electron chi connectivity index (χ1n) is 5.75. The number of hydrogen-bond donors (Lipinski definition) is 1. The Morgan fingerprint density at radius 2 is 2.26 bits per heavy atom. The molecular formula is C10H15N7O2. The van der Waals surface area contributed by atoms with Crippen molar-refractivity contribution in [3.05, 3.63) is 18.5 Å². The van der Waals surface area contributed by atoms with Gasteiger partial charge in [0.05, 0.1) is 0 Å². The van der Waals surface area contributed by atoms with Gasteiger partial charge in [-0.15, -0.1) is 5.10 Å². The van der Waals surface area contributed by atoms with Crippen molar-refractivity contribution in [2.75, 3.05) is 5.73 Å². The second kappa shape index (κ2) is 5.46. The molecule has 2 aromatic rings. The maximum atomic E-state index is 11.6. The number of nitrogens with two attached hydrogens (primary N) is 1. The number of anilines is 1. The van der Waals surface area contributed by atoms with Crippen molar-refractivity contribution in [1.82, 2.24) is 29.5 Å². The fraction of sp³-hybridized carbons (Fsp3) is 0.500. The fourth-order valence-corrected chi connectivity index (χ4v) is 1.52. The second-order valence-electron chi connectivity index (χ2n) is 4.18. The molecule has 0 aliphatic rings. The van der Waals surface area contributed by atoms with Crippen molar-refractivity contribution < 1.29 is 9.53 Å². The summed E-state index contributed by atoms with van der Waals surface area (Å²) in [6, 6.07) is 0.159. The van der Waals surface area contributed by atoms with E-state index >= 15 is 0 Å². The van der Waals surface area contributed by atoms with Crippen molar-refractivity contribution >= 4 is 11.9 Å². The molecule has 0 radical (unpaired) electrons. The third kappa shape index (κ3) is 3.27. The Labute approximate surface area is 109 Å². The van der Waals surface area contributed by atoms with Crippen LogP contribution in [0, 0.1) is 0 Å². The Morgan fingerprint density at radius 1 is 1.47 bits per heavy atom. The summed E-state index contributed by atoms with van der Waals surface area (Å²) in [6.07, 6.45) is 2.80. The van der Waals surface area contributed by atoms with Crippen molar-refractivity contribution in [1.29, 1.82) is 0 Å². The minimum absolute atomic E-state index is 0.0417. The van der Waals surface area contributed by atoms with Gasteiger partial charge in [-0.05, 0) is 13.8 Å². The Kier molecular flexibility index (Phi) is 3.74. The molecule has 2 heterocycles. The van der Waals surface area contributed by atoms with E-state index < -0.39 is 5.97 Å². The third-order valence-electron chi connectivity index (χ3n) is 2.34. The summed E-state index contributed by atoms with van der Waals surface area (Å²) in [5.74, 6) is 0.275. The lowest BCUT2D eigenvalue weighted by Crippen LogP contribution is -2.16. The summed E-state index contributed by atoms with van der Waals surface area (Å²) in [6.45, 7) is 3.97. The van der Waals surface area contributed by atoms with E-state index in [0.717, 1.165) is 0 Å². The van der Waals surface area contributed by atoms with E-state index in [2.05, 4.69) is 20.2 Å². The molecular weight excluding hydrogens is 250 g/mol. The van der Waals surface area contributed by atoms with Crippen molar-refractivity contribution in [2.45, 2.75) is 33.0 Å². The van der Waals surface area contributed by atoms with Crippen molar-refractivity contribution in [3.8, 4) is 0 Å². The number of carbonyl (C=O) groups is 1. The SMILES string of the molecule is CC(C)n1ncnc1COC(=O)Cn1cnc(N)n1. The van der Waals surface area contributed by atoms with Crippen molar-refractivity contribution in [3.63, 3.8) is 0 Å². The highest BCUT2D eigenvalue weighted by molar-refractivity contribution is 5.68. The number of hydrogen-bond acceptors (Lipinski definition) is 7. The predicted octanol–water partition coefficient (Wildman–Crippen LogP) is -0.224. The zero-order chi connectivity index (χ0) is 13.8. The highest BCUT2D eigenvalue weighted by Crippen LogP contribution is 2.06. The zero-order valence-corrected chi connectivity index (χ0v) is 10.7. The van der Waals surface area contributed by atoms with Gasteiger partial charge in [0.2, 0.25) is 5.95 Å². The van der Waals surface area contributed by atoms with E-state index in [1.807, 2.05) is 13.8 Å². The van der Waals surface area contributed by atoms with Crippen LogP contribution in [0.2, 0.25) is 0 Å². The normalized spacial score (nSPS) is 10.9. The second-order valence-corrected chi connectivity index (χ2v) is 4.18. The monoisotopic (exact) mass is 265 g/mol. The van der Waals surface area contributed by atoms with Gasteiger partial charge in [0, 0.05) is 6.04 Å². The molecule has 2 aromatic heterocycles. The van der Waals surface area contributed by atoms with Crippen LogP contribution >= 0.6 is 0 Å². The summed E-state index contributed by atoms with van der Waals surface area (Å²) < 4.78 is 8.10. The van der Waals surface area contributed by atoms with Gasteiger partial charge in [-0.2, -0.15) is 5.10 Å². The van der Waals surface area contributed by atoms with Crippen LogP contribution in [0.1, 0.15) is 25.7 Å². The van der Waals surface area contributed by atoms with Crippen LogP contribution in [0.25, 0.3) is 0 Å². The Bertz CT molecular complexity index is 560. The van der Waals surface area contributed by atoms with Gasteiger partial charge in [-0.25, -0.2) is 19.3 Å². The van der Waals surface area contributed by atoms with Gasteiger partial charge in [-0.3, -0.25) is 4.79 Å². The first-order chi connectivity index (χ1) is 9.06. The minimum Gasteiger partial charge on any atom is -0.456 e. The topological polar surface area (TPSA) is 114 Å². The number of carbonyl (C=O) groups excluding carboxylic acids is 1. The maximum Gasteiger partial charge on any atom is 0.328 e. The number of esters is 1. The summed E-state index contributed by atoms with van der Waals surface area (Å²) in [5.41, 5.74) is 5.34. The molecule has 0 amide bonds. The van der Waals surface area contributed by atoms with E-state index in [0.29, 0.717) is 5.82 Å². The van der Waals surface area contributed by atoms with Gasteiger partial charge < -0.3 is 10.5 Å². The smallest absolute Gasteiger partial charge is 0.328 e. The molecule has 0 aromatic carbocycles. The molecule has 2 rings (SSSR count). The molecule has 0 spiro atoms. The van der Waals surface area contributed by atoms with E-state index in [-0.39, 0.29) is 25.1 Å². The number of ether oxygens (including phenoxy) is 1. The highest BCUT2D eigenvalue weighted by Gasteiger charge is 2.11. The van der Waals surface area contributed by atoms with Crippen LogP contribution in [0.15, 0.2) is 12.7 Å². The number of rotatable bonds is 5. The van der Waals surface area contributed by atoms with Gasteiger partial charge in [-0.1, -0.05) is 0 Å². The molecule has 0 aliphatic carbocycles. The molecule has 0 bridgehead atoms. The third-order valence-corrected chi connectivity index (χ3v) is 2.34. The van der Waals surface area contributed by atoms with Crippen LogP contribution in [-0.4, -0.2) is 35.5 Å². The van der Waals surface area contributed by atoms with E-state index in [4.69, 9.17) is 10.5 Å². The molecule has 0 atom stereocenters. The lowest BCUT2D eigenvalue weighted by atomic mass is 10.4. The Morgan fingerprint density at radius 3 is 2.89 bits per heavy atom. The van der Waals surface area contributed by atoms with E-state index in [1.54, 1.807) is 4.68 Å². The van der Waals surface area contributed by atoms with Gasteiger partial charge in [0.1, 0.15) is 19.2 Å². The van der Waals surface area contributed by atoms with E-state index in [9.17, 15) is 4.79 Å². The minimum atomic E-state index is -0.441. The highest BCUT2D eigenvalue weighted by atomic mass is 16.5. The first kappa shape index (κ1) is 13.0. The average Bonchev–Trinajstić information content (AvgIpc) is 2.95. The summed E-state index contributed by atoms with van der Waals surface area (Å²) in [7, 11) is 0. The summed E-state index contributed by atoms with van der Waals surface area (Å²) in [4.78, 5) is 19.3. The lowest BCUT2D eigenvalue weighted by molar-refractivity contribution is -0.146. The van der Waals surface area contributed by atoms with Crippen LogP contribution < -0.4 is 5.73 Å². The van der Waals surface area contributed by atoms with E-state index in [1.165, 1.54) is 17.3 Å². The average molecular weight is 265 g/mol. The molecule has 0 unspecified atom stereocenters. The van der Waals surface area contributed by atoms with Crippen LogP contribution in [0.3, 0.4) is 0 Å². The number of nitrogens with zero attached hydrogens (tertiary/aromatic N) is 6. The predicted molar refractivity (Wildman–Crippen MR) is 64.6 cm³/mol. The molecule has 102 valence electrons. The molecule has 2 N–H and O–H groups in total. The molecule has 9 nitrogen and oxygen atoms in total. The number of aromatic nitrogens is 6. The van der Waals surface area contributed by atoms with Gasteiger partial charge in [0.25, 0.3) is 0 Å². The quantitative estimate of drug-likeness (QED) is 0.743. The van der Waals surface area contributed by atoms with Crippen LogP contribution in [0.5, 0.6) is 0 Å². The molecule has 0 fully saturated rings.